The van der Waals surface area contributed by atoms with Crippen molar-refractivity contribution in [2.45, 2.75) is 19.5 Å². The van der Waals surface area contributed by atoms with Crippen molar-refractivity contribution in [1.82, 2.24) is 35.1 Å². The zero-order valence-corrected chi connectivity index (χ0v) is 15.4. The van der Waals surface area contributed by atoms with Crippen LogP contribution in [-0.4, -0.2) is 81.1 Å². The second kappa shape index (κ2) is 6.95. The first-order valence-electron chi connectivity index (χ1n) is 8.94. The number of amides is 3. The maximum absolute atomic E-state index is 11.9. The summed E-state index contributed by atoms with van der Waals surface area (Å²) in [5.41, 5.74) is 0.927. The quantitative estimate of drug-likeness (QED) is 0.811. The van der Waals surface area contributed by atoms with Crippen molar-refractivity contribution >= 4 is 17.8 Å². The lowest BCUT2D eigenvalue weighted by Crippen LogP contribution is -2.62. The molecular weight excluding hydrogens is 348 g/mol. The van der Waals surface area contributed by atoms with Gasteiger partial charge in [-0.1, -0.05) is 0 Å². The van der Waals surface area contributed by atoms with Crippen molar-refractivity contribution in [3.63, 3.8) is 0 Å². The smallest absolute Gasteiger partial charge is 0.325 e. The molecule has 0 spiro atoms. The van der Waals surface area contributed by atoms with E-state index in [1.54, 1.807) is 4.68 Å². The Morgan fingerprint density at radius 3 is 2.33 bits per heavy atom. The van der Waals surface area contributed by atoms with Crippen molar-refractivity contribution in [1.29, 1.82) is 0 Å². The van der Waals surface area contributed by atoms with Crippen molar-refractivity contribution in [3.8, 4) is 5.82 Å². The lowest BCUT2D eigenvalue weighted by Gasteiger charge is -2.41. The monoisotopic (exact) mass is 370 g/mol. The van der Waals surface area contributed by atoms with Crippen LogP contribution >= 0.6 is 0 Å². The average molecular weight is 370 g/mol. The van der Waals surface area contributed by atoms with Gasteiger partial charge in [0.2, 0.25) is 5.91 Å². The molecule has 2 aromatic heterocycles. The number of urea groups is 1. The zero-order valence-electron chi connectivity index (χ0n) is 15.4. The lowest BCUT2D eigenvalue weighted by atomic mass is 10.2. The van der Waals surface area contributed by atoms with Crippen LogP contribution in [0.15, 0.2) is 24.4 Å². The van der Waals surface area contributed by atoms with Crippen LogP contribution in [0.25, 0.3) is 5.82 Å². The van der Waals surface area contributed by atoms with Crippen LogP contribution < -0.4 is 10.2 Å². The Labute approximate surface area is 156 Å². The van der Waals surface area contributed by atoms with E-state index >= 15 is 0 Å². The molecule has 10 heteroatoms. The van der Waals surface area contributed by atoms with E-state index in [0.717, 1.165) is 42.6 Å². The fourth-order valence-corrected chi connectivity index (χ4v) is 3.34. The molecule has 2 aromatic rings. The van der Waals surface area contributed by atoms with Gasteiger partial charge in [-0.15, -0.1) is 10.2 Å². The topological polar surface area (TPSA) is 99.5 Å². The fourth-order valence-electron chi connectivity index (χ4n) is 3.34. The molecule has 0 saturated carbocycles. The molecule has 0 aliphatic carbocycles. The highest BCUT2D eigenvalue weighted by Crippen LogP contribution is 2.17. The van der Waals surface area contributed by atoms with Gasteiger partial charge in [-0.25, -0.2) is 9.48 Å². The number of aryl methyl sites for hydroxylation is 1. The summed E-state index contributed by atoms with van der Waals surface area (Å²) in [5.74, 6) is 1.34. The van der Waals surface area contributed by atoms with Gasteiger partial charge >= 0.3 is 6.03 Å². The normalized spacial score (nSPS) is 21.5. The molecule has 1 N–H and O–H groups in total. The Bertz CT molecular complexity index is 823. The molecule has 2 aliphatic rings. The van der Waals surface area contributed by atoms with E-state index in [0.29, 0.717) is 12.2 Å². The number of piperazine rings is 1. The van der Waals surface area contributed by atoms with Crippen molar-refractivity contribution in [2.75, 3.05) is 38.1 Å². The number of carbonyl (C=O) groups excluding carboxylic acids is 2. The minimum absolute atomic E-state index is 0.151. The molecule has 4 rings (SSSR count). The number of nitrogens with one attached hydrogen (secondary N) is 1. The molecule has 27 heavy (non-hydrogen) atoms. The summed E-state index contributed by atoms with van der Waals surface area (Å²) >= 11 is 0. The minimum Gasteiger partial charge on any atom is -0.353 e. The van der Waals surface area contributed by atoms with E-state index in [-0.39, 0.29) is 18.1 Å². The number of hydrogen-bond acceptors (Lipinski definition) is 7. The summed E-state index contributed by atoms with van der Waals surface area (Å²) in [4.78, 5) is 29.1. The summed E-state index contributed by atoms with van der Waals surface area (Å²) < 4.78 is 1.70. The number of imide groups is 1. The highest BCUT2D eigenvalue weighted by Gasteiger charge is 2.34. The molecule has 0 radical (unpaired) electrons. The number of carbonyl (C=O) groups is 2. The molecule has 2 aliphatic heterocycles. The maximum atomic E-state index is 11.9. The second-order valence-electron chi connectivity index (χ2n) is 6.80. The highest BCUT2D eigenvalue weighted by atomic mass is 16.2. The first-order chi connectivity index (χ1) is 13.0. The Morgan fingerprint density at radius 2 is 1.74 bits per heavy atom. The van der Waals surface area contributed by atoms with Crippen LogP contribution in [-0.2, 0) is 4.79 Å². The van der Waals surface area contributed by atoms with E-state index in [1.165, 1.54) is 7.05 Å². The van der Waals surface area contributed by atoms with Gasteiger partial charge in [-0.3, -0.25) is 14.6 Å². The number of aromatic nitrogens is 4. The van der Waals surface area contributed by atoms with E-state index in [9.17, 15) is 9.59 Å². The molecule has 10 nitrogen and oxygen atoms in total. The van der Waals surface area contributed by atoms with Gasteiger partial charge in [-0.05, 0) is 25.1 Å². The summed E-state index contributed by atoms with van der Waals surface area (Å²) in [5, 5.41) is 15.8. The van der Waals surface area contributed by atoms with Gasteiger partial charge in [0, 0.05) is 39.4 Å². The second-order valence-corrected chi connectivity index (χ2v) is 6.80. The minimum atomic E-state index is -0.339. The number of nitrogens with zero attached hydrogens (tertiary/aromatic N) is 7. The third-order valence-electron chi connectivity index (χ3n) is 5.01. The Balaban J connectivity index is 1.36. The van der Waals surface area contributed by atoms with Gasteiger partial charge < -0.3 is 10.2 Å². The Hall–Kier alpha value is -3.01. The van der Waals surface area contributed by atoms with Crippen LogP contribution in [0.4, 0.5) is 10.6 Å². The number of rotatable bonds is 3. The Kier molecular flexibility index (Phi) is 4.48. The van der Waals surface area contributed by atoms with Crippen LogP contribution in [0.1, 0.15) is 12.1 Å². The largest absolute Gasteiger partial charge is 0.353 e. The average Bonchev–Trinajstić information content (AvgIpc) is 3.12. The Morgan fingerprint density at radius 1 is 1.04 bits per heavy atom. The lowest BCUT2D eigenvalue weighted by molar-refractivity contribution is -0.130. The van der Waals surface area contributed by atoms with E-state index < -0.39 is 0 Å². The fraction of sp³-hybridized carbons (Fsp3) is 0.471. The van der Waals surface area contributed by atoms with Gasteiger partial charge in [0.05, 0.1) is 18.3 Å². The maximum Gasteiger partial charge on any atom is 0.325 e. The predicted octanol–water partition coefficient (Wildman–Crippen LogP) is -0.00948. The summed E-state index contributed by atoms with van der Waals surface area (Å²) in [6.45, 7) is 4.92. The van der Waals surface area contributed by atoms with E-state index in [4.69, 9.17) is 0 Å². The van der Waals surface area contributed by atoms with Gasteiger partial charge in [0.1, 0.15) is 0 Å². The van der Waals surface area contributed by atoms with Crippen molar-refractivity contribution < 1.29 is 9.59 Å². The van der Waals surface area contributed by atoms with Crippen molar-refractivity contribution in [2.24, 2.45) is 0 Å². The number of anilines is 1. The molecule has 2 fully saturated rings. The van der Waals surface area contributed by atoms with Crippen LogP contribution in [0.5, 0.6) is 0 Å². The molecule has 3 amide bonds. The standard InChI is InChI=1S/C17H22N8O2/c1-12-5-6-25(21-12)14-4-3-13(19-20-14)23-7-9-24(10-8-23)15-11-16(26)22(2)17(27)18-15/h3-6,15H,7-11H2,1-2H3,(H,18,27). The van der Waals surface area contributed by atoms with Crippen LogP contribution in [0.3, 0.4) is 0 Å². The zero-order chi connectivity index (χ0) is 19.0. The molecule has 4 heterocycles. The van der Waals surface area contributed by atoms with Gasteiger partial charge in [-0.2, -0.15) is 5.10 Å². The van der Waals surface area contributed by atoms with Gasteiger partial charge in [0.15, 0.2) is 11.6 Å². The first-order valence-corrected chi connectivity index (χ1v) is 8.94. The molecule has 142 valence electrons. The highest BCUT2D eigenvalue weighted by molar-refractivity contribution is 5.96. The summed E-state index contributed by atoms with van der Waals surface area (Å²) in [6.07, 6.45) is 1.93. The third-order valence-corrected chi connectivity index (χ3v) is 5.01. The van der Waals surface area contributed by atoms with Gasteiger partial charge in [0.25, 0.3) is 0 Å². The third kappa shape index (κ3) is 3.47. The molecule has 0 aromatic carbocycles. The number of hydrogen-bond donors (Lipinski definition) is 1. The molecule has 0 bridgehead atoms. The van der Waals surface area contributed by atoms with Crippen LogP contribution in [0.2, 0.25) is 0 Å². The summed E-state index contributed by atoms with van der Waals surface area (Å²) in [7, 11) is 1.50. The predicted molar refractivity (Wildman–Crippen MR) is 97.4 cm³/mol. The van der Waals surface area contributed by atoms with E-state index in [2.05, 4.69) is 30.4 Å². The molecule has 1 atom stereocenters. The first kappa shape index (κ1) is 17.4. The molecule has 1 unspecified atom stereocenters. The SMILES string of the molecule is Cc1ccn(-c2ccc(N3CCN(C4CC(=O)N(C)C(=O)N4)CC3)nn2)n1. The molecular formula is C17H22N8O2. The van der Waals surface area contributed by atoms with E-state index in [1.807, 2.05) is 31.3 Å². The van der Waals surface area contributed by atoms with Crippen LogP contribution in [0, 0.1) is 6.92 Å². The van der Waals surface area contributed by atoms with Crippen molar-refractivity contribution in [3.05, 3.63) is 30.1 Å². The molecule has 2 saturated heterocycles. The summed E-state index contributed by atoms with van der Waals surface area (Å²) in [6, 6.07) is 5.42.